The molecule has 1 heterocycles. The van der Waals surface area contributed by atoms with E-state index >= 15 is 0 Å². The lowest BCUT2D eigenvalue weighted by Crippen LogP contribution is -2.30. The third kappa shape index (κ3) is 2.86. The van der Waals surface area contributed by atoms with Crippen LogP contribution in [0, 0.1) is 12.3 Å². The van der Waals surface area contributed by atoms with E-state index in [1.54, 1.807) is 12.2 Å². The van der Waals surface area contributed by atoms with Crippen LogP contribution in [0.1, 0.15) is 37.4 Å². The molecule has 1 aliphatic carbocycles. The zero-order valence-corrected chi connectivity index (χ0v) is 12.8. The fourth-order valence-corrected chi connectivity index (χ4v) is 2.58. The van der Waals surface area contributed by atoms with E-state index in [2.05, 4.69) is 16.1 Å². The summed E-state index contributed by atoms with van der Waals surface area (Å²) in [7, 11) is 0. The van der Waals surface area contributed by atoms with Crippen molar-refractivity contribution in [3.05, 3.63) is 45.7 Å². The van der Waals surface area contributed by atoms with Gasteiger partial charge in [-0.05, 0) is 18.9 Å². The lowest BCUT2D eigenvalue weighted by Gasteiger charge is -2.17. The highest BCUT2D eigenvalue weighted by Crippen LogP contribution is 2.21. The molecule has 1 aromatic rings. The van der Waals surface area contributed by atoms with Crippen molar-refractivity contribution >= 4 is 11.3 Å². The van der Waals surface area contributed by atoms with E-state index in [1.165, 1.54) is 4.57 Å². The number of oxime groups is 1. The van der Waals surface area contributed by atoms with Crippen LogP contribution in [0.5, 0.6) is 0 Å². The van der Waals surface area contributed by atoms with Crippen molar-refractivity contribution in [2.24, 2.45) is 5.16 Å². The van der Waals surface area contributed by atoms with E-state index in [9.17, 15) is 4.79 Å². The molecule has 0 amide bonds. The molecule has 0 aromatic carbocycles. The quantitative estimate of drug-likeness (QED) is 0.526. The summed E-state index contributed by atoms with van der Waals surface area (Å²) in [5, 5.41) is 12.2. The molecule has 0 spiro atoms. The molecule has 0 saturated heterocycles. The summed E-state index contributed by atoms with van der Waals surface area (Å²) in [5.41, 5.74) is 2.77. The first-order valence-corrected chi connectivity index (χ1v) is 7.30. The van der Waals surface area contributed by atoms with Crippen LogP contribution in [-0.4, -0.2) is 20.5 Å². The van der Waals surface area contributed by atoms with Gasteiger partial charge in [0, 0.05) is 17.6 Å². The van der Waals surface area contributed by atoms with Crippen LogP contribution >= 0.6 is 0 Å². The molecular weight excluding hydrogens is 278 g/mol. The maximum atomic E-state index is 12.7. The van der Waals surface area contributed by atoms with Gasteiger partial charge in [0.1, 0.15) is 5.82 Å². The van der Waals surface area contributed by atoms with Crippen molar-refractivity contribution in [3.63, 3.8) is 0 Å². The number of hydrogen-bond donors (Lipinski definition) is 1. The lowest BCUT2D eigenvalue weighted by molar-refractivity contribution is 0.319. The second kappa shape index (κ2) is 6.90. The predicted molar refractivity (Wildman–Crippen MR) is 87.0 cm³/mol. The molecule has 22 heavy (non-hydrogen) atoms. The number of hydrogen-bond acceptors (Lipinski definition) is 4. The average molecular weight is 297 g/mol. The van der Waals surface area contributed by atoms with Crippen LogP contribution in [0.25, 0.3) is 5.57 Å². The van der Waals surface area contributed by atoms with Gasteiger partial charge in [-0.15, -0.1) is 6.42 Å². The normalized spacial score (nSPS) is 15.7. The Bertz CT molecular complexity index is 761. The first-order chi connectivity index (χ1) is 10.7. The Labute approximate surface area is 129 Å². The van der Waals surface area contributed by atoms with Gasteiger partial charge < -0.3 is 5.21 Å². The van der Waals surface area contributed by atoms with E-state index in [1.807, 2.05) is 19.9 Å². The topological polar surface area (TPSA) is 67.5 Å². The minimum absolute atomic E-state index is 0.0831. The summed E-state index contributed by atoms with van der Waals surface area (Å²) in [6.07, 6.45) is 12.5. The SMILES string of the molecule is C#CCn1c(C2=CC=CC(=NO)C2)nc(CC)c(CC)c1=O. The molecule has 1 N–H and O–H groups in total. The van der Waals surface area contributed by atoms with E-state index < -0.39 is 0 Å². The molecule has 0 radical (unpaired) electrons. The van der Waals surface area contributed by atoms with Gasteiger partial charge >= 0.3 is 0 Å². The summed E-state index contributed by atoms with van der Waals surface area (Å²) in [5.74, 6) is 3.07. The molecule has 1 aromatic heterocycles. The number of rotatable bonds is 4. The van der Waals surface area contributed by atoms with Gasteiger partial charge in [0.05, 0.1) is 18.0 Å². The molecule has 0 fully saturated rings. The van der Waals surface area contributed by atoms with Crippen molar-refractivity contribution in [2.75, 3.05) is 0 Å². The highest BCUT2D eigenvalue weighted by molar-refractivity contribution is 6.03. The van der Waals surface area contributed by atoms with E-state index in [0.717, 1.165) is 11.3 Å². The van der Waals surface area contributed by atoms with Gasteiger partial charge in [0.25, 0.3) is 5.56 Å². The van der Waals surface area contributed by atoms with E-state index in [4.69, 9.17) is 11.6 Å². The Kier molecular flexibility index (Phi) is 4.95. The predicted octanol–water partition coefficient (Wildman–Crippen LogP) is 2.17. The zero-order valence-electron chi connectivity index (χ0n) is 12.8. The van der Waals surface area contributed by atoms with Crippen molar-refractivity contribution in [1.29, 1.82) is 0 Å². The minimum Gasteiger partial charge on any atom is -0.411 e. The number of aromatic nitrogens is 2. The molecule has 5 nitrogen and oxygen atoms in total. The molecule has 5 heteroatoms. The van der Waals surface area contributed by atoms with Crippen molar-refractivity contribution in [1.82, 2.24) is 9.55 Å². The Morgan fingerprint density at radius 1 is 1.45 bits per heavy atom. The van der Waals surface area contributed by atoms with Gasteiger partial charge in [0.2, 0.25) is 0 Å². The largest absolute Gasteiger partial charge is 0.411 e. The molecule has 0 bridgehead atoms. The highest BCUT2D eigenvalue weighted by atomic mass is 16.4. The lowest BCUT2D eigenvalue weighted by atomic mass is 10.0. The molecule has 114 valence electrons. The second-order valence-electron chi connectivity index (χ2n) is 4.98. The summed E-state index contributed by atoms with van der Waals surface area (Å²) >= 11 is 0. The molecule has 0 atom stereocenters. The number of nitrogens with zero attached hydrogens (tertiary/aromatic N) is 3. The smallest absolute Gasteiger partial charge is 0.258 e. The van der Waals surface area contributed by atoms with Gasteiger partial charge in [0.15, 0.2) is 0 Å². The van der Waals surface area contributed by atoms with E-state index in [-0.39, 0.29) is 12.1 Å². The average Bonchev–Trinajstić information content (AvgIpc) is 2.56. The minimum atomic E-state index is -0.0831. The third-order valence-corrected chi connectivity index (χ3v) is 3.66. The van der Waals surface area contributed by atoms with Crippen LogP contribution in [0.2, 0.25) is 0 Å². The standard InChI is InChI=1S/C17H19N3O2/c1-4-10-20-16(12-8-7-9-13(11-12)19-22)18-15(6-3)14(5-2)17(20)21/h1,7-9,22H,5-6,10-11H2,2-3H3. The molecule has 1 aliphatic rings. The summed E-state index contributed by atoms with van der Waals surface area (Å²) in [6, 6.07) is 0. The Morgan fingerprint density at radius 2 is 2.23 bits per heavy atom. The summed E-state index contributed by atoms with van der Waals surface area (Å²) < 4.78 is 1.53. The van der Waals surface area contributed by atoms with Gasteiger partial charge in [-0.3, -0.25) is 9.36 Å². The molecule has 0 aliphatic heterocycles. The van der Waals surface area contributed by atoms with Crippen LogP contribution in [0.4, 0.5) is 0 Å². The van der Waals surface area contributed by atoms with Gasteiger partial charge in [-0.2, -0.15) is 0 Å². The summed E-state index contributed by atoms with van der Waals surface area (Å²) in [4.78, 5) is 17.3. The van der Waals surface area contributed by atoms with Gasteiger partial charge in [-0.1, -0.05) is 37.1 Å². The first kappa shape index (κ1) is 15.8. The van der Waals surface area contributed by atoms with E-state index in [0.29, 0.717) is 36.4 Å². The molecule has 0 saturated carbocycles. The van der Waals surface area contributed by atoms with Gasteiger partial charge in [-0.25, -0.2) is 4.98 Å². The van der Waals surface area contributed by atoms with Crippen LogP contribution in [0.15, 0.2) is 28.2 Å². The van der Waals surface area contributed by atoms with Crippen molar-refractivity contribution in [3.8, 4) is 12.3 Å². The Balaban J connectivity index is 2.67. The van der Waals surface area contributed by atoms with Crippen molar-refractivity contribution in [2.45, 2.75) is 39.7 Å². The maximum Gasteiger partial charge on any atom is 0.258 e. The summed E-state index contributed by atoms with van der Waals surface area (Å²) in [6.45, 7) is 4.09. The first-order valence-electron chi connectivity index (χ1n) is 7.30. The Morgan fingerprint density at radius 3 is 2.82 bits per heavy atom. The highest BCUT2D eigenvalue weighted by Gasteiger charge is 2.18. The van der Waals surface area contributed by atoms with Crippen LogP contribution in [0.3, 0.4) is 0 Å². The van der Waals surface area contributed by atoms with Crippen LogP contribution < -0.4 is 5.56 Å². The molecule has 2 rings (SSSR count). The second-order valence-corrected chi connectivity index (χ2v) is 4.98. The number of allylic oxidation sites excluding steroid dienone is 4. The van der Waals surface area contributed by atoms with Crippen LogP contribution in [-0.2, 0) is 19.4 Å². The zero-order chi connectivity index (χ0) is 16.1. The number of terminal acetylenes is 1. The fraction of sp³-hybridized carbons (Fsp3) is 0.353. The Hall–Kier alpha value is -2.61. The third-order valence-electron chi connectivity index (χ3n) is 3.66. The molecule has 0 unspecified atom stereocenters. The fourth-order valence-electron chi connectivity index (χ4n) is 2.58. The number of aryl methyl sites for hydroxylation is 1. The van der Waals surface area contributed by atoms with Crippen molar-refractivity contribution < 1.29 is 5.21 Å². The molecular formula is C17H19N3O2. The maximum absolute atomic E-state index is 12.7. The monoisotopic (exact) mass is 297 g/mol.